The molecule has 8 nitrogen and oxygen atoms in total. The summed E-state index contributed by atoms with van der Waals surface area (Å²) in [5, 5.41) is 6.31. The molecule has 0 aliphatic carbocycles. The van der Waals surface area contributed by atoms with E-state index < -0.39 is 0 Å². The van der Waals surface area contributed by atoms with Gasteiger partial charge in [-0.25, -0.2) is 14.8 Å². The number of benzene rings is 2. The highest BCUT2D eigenvalue weighted by Gasteiger charge is 2.13. The predicted molar refractivity (Wildman–Crippen MR) is 112 cm³/mol. The van der Waals surface area contributed by atoms with E-state index in [0.717, 1.165) is 16.1 Å². The van der Waals surface area contributed by atoms with Crippen LogP contribution in [0, 0.1) is 6.92 Å². The van der Waals surface area contributed by atoms with E-state index in [4.69, 9.17) is 14.2 Å². The van der Waals surface area contributed by atoms with Crippen molar-refractivity contribution in [2.24, 2.45) is 0 Å². The van der Waals surface area contributed by atoms with Crippen LogP contribution in [-0.4, -0.2) is 35.9 Å². The molecule has 0 atom stereocenters. The first-order valence-electron chi connectivity index (χ1n) is 9.30. The number of nitrogens with zero attached hydrogens (tertiary/aromatic N) is 2. The number of anilines is 1. The number of carbonyl (C=O) groups is 1. The van der Waals surface area contributed by atoms with Crippen molar-refractivity contribution in [2.45, 2.75) is 17.0 Å². The third kappa shape index (κ3) is 5.12. The predicted octanol–water partition coefficient (Wildman–Crippen LogP) is 3.87. The van der Waals surface area contributed by atoms with Gasteiger partial charge in [0.1, 0.15) is 12.4 Å². The van der Waals surface area contributed by atoms with E-state index in [1.165, 1.54) is 11.8 Å². The highest BCUT2D eigenvalue weighted by molar-refractivity contribution is 7.99. The van der Waals surface area contributed by atoms with Crippen LogP contribution < -0.4 is 24.8 Å². The molecule has 0 bridgehead atoms. The zero-order valence-electron chi connectivity index (χ0n) is 16.3. The molecule has 0 saturated carbocycles. The minimum absolute atomic E-state index is 0.222. The average Bonchev–Trinajstić information content (AvgIpc) is 3.22. The Hall–Kier alpha value is -3.46. The van der Waals surface area contributed by atoms with E-state index in [2.05, 4.69) is 20.6 Å². The molecule has 0 radical (unpaired) electrons. The molecule has 2 amide bonds. The average molecular weight is 424 g/mol. The number of carbonyl (C=O) groups excluding carboxylic acids is 1. The Morgan fingerprint density at radius 1 is 1.13 bits per heavy atom. The molecule has 0 unspecified atom stereocenters. The molecule has 0 fully saturated rings. The number of hydrogen-bond donors (Lipinski definition) is 2. The Bertz CT molecular complexity index is 1030. The van der Waals surface area contributed by atoms with Gasteiger partial charge in [-0.2, -0.15) is 0 Å². The molecule has 30 heavy (non-hydrogen) atoms. The van der Waals surface area contributed by atoms with Crippen molar-refractivity contribution in [3.63, 3.8) is 0 Å². The second-order valence-corrected chi connectivity index (χ2v) is 7.40. The van der Waals surface area contributed by atoms with Gasteiger partial charge in [0.2, 0.25) is 6.79 Å². The molecule has 154 valence electrons. The van der Waals surface area contributed by atoms with Crippen molar-refractivity contribution in [1.29, 1.82) is 0 Å². The van der Waals surface area contributed by atoms with Crippen LogP contribution in [0.3, 0.4) is 0 Å². The molecule has 2 aromatic carbocycles. The first-order valence-corrected chi connectivity index (χ1v) is 10.1. The first kappa shape index (κ1) is 19.8. The molecule has 0 saturated heterocycles. The third-order valence-electron chi connectivity index (χ3n) is 4.20. The van der Waals surface area contributed by atoms with Gasteiger partial charge in [-0.05, 0) is 60.6 Å². The fraction of sp³-hybridized carbons (Fsp3) is 0.190. The summed E-state index contributed by atoms with van der Waals surface area (Å²) in [5.74, 6) is 2.03. The summed E-state index contributed by atoms with van der Waals surface area (Å²) in [4.78, 5) is 21.6. The molecule has 1 aliphatic heterocycles. The van der Waals surface area contributed by atoms with Gasteiger partial charge in [0.05, 0.1) is 6.54 Å². The number of rotatable bonds is 7. The van der Waals surface area contributed by atoms with Crippen LogP contribution >= 0.6 is 11.8 Å². The van der Waals surface area contributed by atoms with Crippen LogP contribution in [0.15, 0.2) is 64.9 Å². The molecular formula is C21H20N4O4S. The molecule has 2 N–H and O–H groups in total. The molecule has 3 aromatic rings. The van der Waals surface area contributed by atoms with E-state index in [1.807, 2.05) is 25.1 Å². The highest BCUT2D eigenvalue weighted by Crippen LogP contribution is 2.35. The van der Waals surface area contributed by atoms with E-state index in [0.29, 0.717) is 35.6 Å². The fourth-order valence-corrected chi connectivity index (χ4v) is 3.56. The minimum atomic E-state index is -0.292. The van der Waals surface area contributed by atoms with Crippen LogP contribution in [0.2, 0.25) is 0 Å². The Kier molecular flexibility index (Phi) is 6.19. The van der Waals surface area contributed by atoms with E-state index in [9.17, 15) is 4.79 Å². The smallest absolute Gasteiger partial charge is 0.319 e. The van der Waals surface area contributed by atoms with Crippen LogP contribution in [0.5, 0.6) is 17.2 Å². The molecule has 0 spiro atoms. The normalized spacial score (nSPS) is 11.8. The van der Waals surface area contributed by atoms with Gasteiger partial charge >= 0.3 is 6.03 Å². The summed E-state index contributed by atoms with van der Waals surface area (Å²) < 4.78 is 16.2. The van der Waals surface area contributed by atoms with Crippen molar-refractivity contribution in [3.8, 4) is 17.2 Å². The third-order valence-corrected chi connectivity index (χ3v) is 5.08. The van der Waals surface area contributed by atoms with Crippen molar-refractivity contribution >= 4 is 23.5 Å². The van der Waals surface area contributed by atoms with E-state index in [1.54, 1.807) is 36.7 Å². The van der Waals surface area contributed by atoms with Crippen LogP contribution in [0.25, 0.3) is 0 Å². The Labute approximate surface area is 178 Å². The second-order valence-electron chi connectivity index (χ2n) is 6.35. The van der Waals surface area contributed by atoms with Crippen molar-refractivity contribution in [2.75, 3.05) is 25.3 Å². The maximum Gasteiger partial charge on any atom is 0.319 e. The quantitative estimate of drug-likeness (QED) is 0.439. The molecule has 9 heteroatoms. The zero-order valence-corrected chi connectivity index (χ0v) is 17.1. The molecule has 4 rings (SSSR count). The summed E-state index contributed by atoms with van der Waals surface area (Å²) in [7, 11) is 0. The minimum Gasteiger partial charge on any atom is -0.492 e. The van der Waals surface area contributed by atoms with Crippen molar-refractivity contribution < 1.29 is 19.0 Å². The van der Waals surface area contributed by atoms with Crippen LogP contribution in [0.4, 0.5) is 10.5 Å². The van der Waals surface area contributed by atoms with Crippen LogP contribution in [-0.2, 0) is 0 Å². The number of amides is 2. The van der Waals surface area contributed by atoms with Crippen LogP contribution in [0.1, 0.15) is 5.56 Å². The maximum absolute atomic E-state index is 12.2. The topological polar surface area (TPSA) is 94.6 Å². The molecule has 2 heterocycles. The fourth-order valence-electron chi connectivity index (χ4n) is 2.75. The number of aryl methyl sites for hydroxylation is 1. The molecule has 1 aromatic heterocycles. The number of nitrogens with one attached hydrogen (secondary N) is 2. The van der Waals surface area contributed by atoms with Gasteiger partial charge in [0, 0.05) is 29.0 Å². The summed E-state index contributed by atoms with van der Waals surface area (Å²) in [6.07, 6.45) is 3.41. The van der Waals surface area contributed by atoms with Gasteiger partial charge in [-0.15, -0.1) is 0 Å². The van der Waals surface area contributed by atoms with E-state index >= 15 is 0 Å². The lowest BCUT2D eigenvalue weighted by molar-refractivity contribution is 0.173. The highest BCUT2D eigenvalue weighted by atomic mass is 32.2. The van der Waals surface area contributed by atoms with Gasteiger partial charge in [-0.3, -0.25) is 0 Å². The largest absolute Gasteiger partial charge is 0.492 e. The van der Waals surface area contributed by atoms with E-state index in [-0.39, 0.29) is 12.8 Å². The lowest BCUT2D eigenvalue weighted by Gasteiger charge is -2.12. The summed E-state index contributed by atoms with van der Waals surface area (Å²) in [6.45, 7) is 2.85. The summed E-state index contributed by atoms with van der Waals surface area (Å²) in [6, 6.07) is 12.6. The number of hydrogen-bond acceptors (Lipinski definition) is 7. The number of fused-ring (bicyclic) bond motifs is 1. The van der Waals surface area contributed by atoms with Crippen molar-refractivity contribution in [3.05, 3.63) is 60.4 Å². The standard InChI is InChI=1S/C21H20N4O4S/c1-14-11-16(30-21-23-7-2-8-24-21)4-5-17(14)25-20(26)22-9-10-27-15-3-6-18-19(12-15)29-13-28-18/h2-8,11-12H,9-10,13H2,1H3,(H2,22,25,26). The SMILES string of the molecule is Cc1cc(Sc2ncccn2)ccc1NC(=O)NCCOc1ccc2c(c1)OCO2. The lowest BCUT2D eigenvalue weighted by atomic mass is 10.2. The second kappa shape index (κ2) is 9.36. The molecule has 1 aliphatic rings. The first-order chi connectivity index (χ1) is 14.7. The Morgan fingerprint density at radius 2 is 1.97 bits per heavy atom. The number of aromatic nitrogens is 2. The summed E-state index contributed by atoms with van der Waals surface area (Å²) >= 11 is 1.47. The number of ether oxygens (including phenoxy) is 3. The Balaban J connectivity index is 1.23. The monoisotopic (exact) mass is 424 g/mol. The Morgan fingerprint density at radius 3 is 2.80 bits per heavy atom. The molecular weight excluding hydrogens is 404 g/mol. The van der Waals surface area contributed by atoms with Crippen molar-refractivity contribution in [1.82, 2.24) is 15.3 Å². The zero-order chi connectivity index (χ0) is 20.8. The maximum atomic E-state index is 12.2. The van der Waals surface area contributed by atoms with Gasteiger partial charge < -0.3 is 24.8 Å². The number of urea groups is 1. The lowest BCUT2D eigenvalue weighted by Crippen LogP contribution is -2.32. The van der Waals surface area contributed by atoms with Gasteiger partial charge in [-0.1, -0.05) is 0 Å². The van der Waals surface area contributed by atoms with Gasteiger partial charge in [0.25, 0.3) is 0 Å². The van der Waals surface area contributed by atoms with Gasteiger partial charge in [0.15, 0.2) is 16.7 Å². The summed E-state index contributed by atoms with van der Waals surface area (Å²) in [5.41, 5.74) is 1.69.